The molecule has 0 radical (unpaired) electrons. The predicted octanol–water partition coefficient (Wildman–Crippen LogP) is 5.07. The van der Waals surface area contributed by atoms with E-state index >= 15 is 0 Å². The third-order valence-electron chi connectivity index (χ3n) is 7.05. The molecule has 1 unspecified atom stereocenters. The summed E-state index contributed by atoms with van der Waals surface area (Å²) >= 11 is 0. The van der Waals surface area contributed by atoms with E-state index in [0.717, 1.165) is 64.0 Å². The Bertz CT molecular complexity index is 1540. The Hall–Kier alpha value is -3.34. The van der Waals surface area contributed by atoms with E-state index in [0.29, 0.717) is 29.5 Å². The van der Waals surface area contributed by atoms with Gasteiger partial charge < -0.3 is 14.6 Å². The van der Waals surface area contributed by atoms with E-state index in [9.17, 15) is 9.47 Å². The lowest BCUT2D eigenvalue weighted by Crippen LogP contribution is -2.32. The molecular weight excluding hydrogens is 456 g/mol. The molecule has 0 saturated carbocycles. The van der Waals surface area contributed by atoms with Gasteiger partial charge in [0, 0.05) is 27.6 Å². The second-order valence-corrected chi connectivity index (χ2v) is 12.1. The lowest BCUT2D eigenvalue weighted by molar-refractivity contribution is 0.161. The smallest absolute Gasteiger partial charge is 0.143 e. The highest BCUT2D eigenvalue weighted by molar-refractivity contribution is 8.00. The highest BCUT2D eigenvalue weighted by atomic mass is 32.2. The SMILES string of the molecule is C=S(=O)(CC)c1cccc(-c2ccc(OCC3CCN(C)CC3)c3[nH]c4ncc(C#N)cc4c23)c1. The highest BCUT2D eigenvalue weighted by Gasteiger charge is 2.20. The third-order valence-corrected chi connectivity index (χ3v) is 9.10. The largest absolute Gasteiger partial charge is 0.491 e. The summed E-state index contributed by atoms with van der Waals surface area (Å²) in [6, 6.07) is 15.9. The molecule has 4 aromatic rings. The summed E-state index contributed by atoms with van der Waals surface area (Å²) in [5.41, 5.74) is 4.00. The first-order chi connectivity index (χ1) is 16.9. The zero-order valence-corrected chi connectivity index (χ0v) is 21.0. The van der Waals surface area contributed by atoms with E-state index in [1.165, 1.54) is 0 Å². The maximum absolute atomic E-state index is 13.0. The van der Waals surface area contributed by atoms with Crippen molar-refractivity contribution >= 4 is 37.3 Å². The van der Waals surface area contributed by atoms with Crippen LogP contribution in [0.1, 0.15) is 25.3 Å². The number of nitrogens with zero attached hydrogens (tertiary/aromatic N) is 3. The number of aromatic nitrogens is 2. The predicted molar refractivity (Wildman–Crippen MR) is 144 cm³/mol. The molecule has 6 nitrogen and oxygen atoms in total. The molecule has 0 spiro atoms. The Morgan fingerprint density at radius 1 is 1.26 bits per heavy atom. The van der Waals surface area contributed by atoms with Crippen molar-refractivity contribution < 1.29 is 8.95 Å². The summed E-state index contributed by atoms with van der Waals surface area (Å²) in [6.45, 7) is 4.76. The highest BCUT2D eigenvalue weighted by Crippen LogP contribution is 2.39. The van der Waals surface area contributed by atoms with Gasteiger partial charge in [0.15, 0.2) is 0 Å². The molecule has 35 heavy (non-hydrogen) atoms. The van der Waals surface area contributed by atoms with E-state index in [2.05, 4.69) is 39.9 Å². The van der Waals surface area contributed by atoms with Crippen LogP contribution in [0.25, 0.3) is 33.1 Å². The molecule has 1 atom stereocenters. The Labute approximate surface area is 206 Å². The number of H-pyrrole nitrogens is 1. The van der Waals surface area contributed by atoms with Gasteiger partial charge in [0.05, 0.1) is 17.7 Å². The van der Waals surface area contributed by atoms with Crippen molar-refractivity contribution in [3.05, 3.63) is 54.2 Å². The fraction of sp³-hybridized carbons (Fsp3) is 0.321. The van der Waals surface area contributed by atoms with Crippen molar-refractivity contribution in [2.75, 3.05) is 32.5 Å². The van der Waals surface area contributed by atoms with Gasteiger partial charge in [0.25, 0.3) is 0 Å². The number of likely N-dealkylation sites (tertiary alicyclic amines) is 1. The average molecular weight is 487 g/mol. The van der Waals surface area contributed by atoms with Crippen LogP contribution in [0.15, 0.2) is 53.6 Å². The minimum Gasteiger partial charge on any atom is -0.491 e. The van der Waals surface area contributed by atoms with Crippen LogP contribution in [0.4, 0.5) is 0 Å². The average Bonchev–Trinajstić information content (AvgIpc) is 3.27. The van der Waals surface area contributed by atoms with Crippen LogP contribution in [0.3, 0.4) is 0 Å². The van der Waals surface area contributed by atoms with Gasteiger partial charge >= 0.3 is 0 Å². The van der Waals surface area contributed by atoms with E-state index in [1.807, 2.05) is 43.3 Å². The standard InChI is InChI=1S/C28H30N4O2S/c1-4-35(3,33)22-7-5-6-21(15-22)23-8-9-25(34-18-19-10-12-32(2)13-11-19)27-26(23)24-14-20(16-29)17-30-28(24)31-27/h5-9,14-15,17,19H,3-4,10-13,18H2,1-2H3,(H,30,31). The summed E-state index contributed by atoms with van der Waals surface area (Å²) in [7, 11) is -0.185. The lowest BCUT2D eigenvalue weighted by atomic mass is 9.98. The second-order valence-electron chi connectivity index (χ2n) is 9.40. The molecule has 1 fully saturated rings. The van der Waals surface area contributed by atoms with E-state index in [4.69, 9.17) is 4.74 Å². The molecule has 1 saturated heterocycles. The summed E-state index contributed by atoms with van der Waals surface area (Å²) in [6.07, 6.45) is 3.84. The zero-order chi connectivity index (χ0) is 24.6. The molecule has 3 heterocycles. The number of aromatic amines is 1. The first kappa shape index (κ1) is 23.4. The number of rotatable bonds is 6. The number of pyridine rings is 1. The molecule has 7 heteroatoms. The molecule has 1 aliphatic rings. The van der Waals surface area contributed by atoms with Crippen LogP contribution in [0, 0.1) is 17.2 Å². The van der Waals surface area contributed by atoms with Crippen molar-refractivity contribution in [1.29, 1.82) is 5.26 Å². The van der Waals surface area contributed by atoms with Crippen molar-refractivity contribution in [1.82, 2.24) is 14.9 Å². The van der Waals surface area contributed by atoms with Crippen molar-refractivity contribution in [3.8, 4) is 22.9 Å². The van der Waals surface area contributed by atoms with Gasteiger partial charge in [-0.2, -0.15) is 5.26 Å². The minimum absolute atomic E-state index is 0.484. The van der Waals surface area contributed by atoms with Crippen LogP contribution >= 0.6 is 0 Å². The van der Waals surface area contributed by atoms with Crippen LogP contribution in [-0.4, -0.2) is 57.4 Å². The quantitative estimate of drug-likeness (QED) is 0.385. The summed E-state index contributed by atoms with van der Waals surface area (Å²) in [5, 5.41) is 11.3. The molecule has 0 amide bonds. The fourth-order valence-corrected chi connectivity index (χ4v) is 5.78. The topological polar surface area (TPSA) is 82.0 Å². The number of hydrogen-bond acceptors (Lipinski definition) is 5. The fourth-order valence-electron chi connectivity index (χ4n) is 4.78. The second kappa shape index (κ2) is 9.37. The number of piperidine rings is 1. The van der Waals surface area contributed by atoms with E-state index < -0.39 is 9.52 Å². The summed E-state index contributed by atoms with van der Waals surface area (Å²) in [4.78, 5) is 11.0. The van der Waals surface area contributed by atoms with E-state index in [-0.39, 0.29) is 0 Å². The van der Waals surface area contributed by atoms with Crippen molar-refractivity contribution in [3.63, 3.8) is 0 Å². The van der Waals surface area contributed by atoms with E-state index in [1.54, 1.807) is 6.20 Å². The first-order valence-electron chi connectivity index (χ1n) is 12.0. The molecule has 1 N–H and O–H groups in total. The van der Waals surface area contributed by atoms with Crippen LogP contribution < -0.4 is 4.74 Å². The lowest BCUT2D eigenvalue weighted by Gasteiger charge is -2.28. The maximum atomic E-state index is 13.0. The number of fused-ring (bicyclic) bond motifs is 3. The number of benzene rings is 2. The van der Waals surface area contributed by atoms with Crippen molar-refractivity contribution in [2.24, 2.45) is 5.92 Å². The molecule has 5 rings (SSSR count). The van der Waals surface area contributed by atoms with Crippen LogP contribution in [0.5, 0.6) is 5.75 Å². The summed E-state index contributed by atoms with van der Waals surface area (Å²) < 4.78 is 19.3. The molecule has 2 aromatic carbocycles. The third kappa shape index (κ3) is 4.52. The van der Waals surface area contributed by atoms with Crippen molar-refractivity contribution in [2.45, 2.75) is 24.7 Å². The van der Waals surface area contributed by atoms with Gasteiger partial charge in [-0.1, -0.05) is 19.1 Å². The molecular formula is C28H30N4O2S. The van der Waals surface area contributed by atoms with Crippen LogP contribution in [-0.2, 0) is 9.52 Å². The Balaban J connectivity index is 1.63. The monoisotopic (exact) mass is 486 g/mol. The number of hydrogen-bond donors (Lipinski definition) is 1. The Morgan fingerprint density at radius 3 is 2.80 bits per heavy atom. The summed E-state index contributed by atoms with van der Waals surface area (Å²) in [5.74, 6) is 5.76. The van der Waals surface area contributed by atoms with Gasteiger partial charge in [-0.25, -0.2) is 4.98 Å². The van der Waals surface area contributed by atoms with Gasteiger partial charge in [0.2, 0.25) is 0 Å². The Morgan fingerprint density at radius 2 is 2.06 bits per heavy atom. The molecule has 1 aliphatic heterocycles. The number of nitriles is 1. The van der Waals surface area contributed by atoms with Gasteiger partial charge in [-0.05, 0) is 95.7 Å². The molecule has 0 bridgehead atoms. The maximum Gasteiger partial charge on any atom is 0.143 e. The zero-order valence-electron chi connectivity index (χ0n) is 20.2. The first-order valence-corrected chi connectivity index (χ1v) is 13.9. The van der Waals surface area contributed by atoms with Gasteiger partial charge in [-0.15, -0.1) is 0 Å². The molecule has 0 aliphatic carbocycles. The molecule has 2 aromatic heterocycles. The normalized spacial score (nSPS) is 16.8. The van der Waals surface area contributed by atoms with Crippen LogP contribution in [0.2, 0.25) is 0 Å². The minimum atomic E-state index is -2.35. The molecule has 180 valence electrons. The number of ether oxygens (including phenoxy) is 1. The Kier molecular flexibility index (Phi) is 6.26. The van der Waals surface area contributed by atoms with Gasteiger partial charge in [0.1, 0.15) is 17.5 Å². The number of nitrogens with one attached hydrogen (secondary N) is 1. The van der Waals surface area contributed by atoms with Gasteiger partial charge in [-0.3, -0.25) is 4.21 Å².